The van der Waals surface area contributed by atoms with Gasteiger partial charge in [-0.1, -0.05) is 79.3 Å². The molecule has 0 radical (unpaired) electrons. The quantitative estimate of drug-likeness (QED) is 0.120. The van der Waals surface area contributed by atoms with Crippen molar-refractivity contribution in [2.45, 2.75) is 55.9 Å². The second kappa shape index (κ2) is 13.1. The third-order valence-electron chi connectivity index (χ3n) is 6.18. The zero-order valence-electron chi connectivity index (χ0n) is 21.7. The minimum absolute atomic E-state index is 0.0791. The van der Waals surface area contributed by atoms with Crippen LogP contribution in [0.4, 0.5) is 0 Å². The Labute approximate surface area is 228 Å². The number of hydrogen-bond acceptors (Lipinski definition) is 6. The molecule has 0 aliphatic carbocycles. The largest absolute Gasteiger partial charge is 0.461 e. The predicted octanol–water partition coefficient (Wildman–Crippen LogP) is 5.75. The van der Waals surface area contributed by atoms with Gasteiger partial charge in [-0.3, -0.25) is 4.79 Å². The lowest BCUT2D eigenvalue weighted by atomic mass is 10.2. The molecule has 0 aliphatic heterocycles. The summed E-state index contributed by atoms with van der Waals surface area (Å²) in [5, 5.41) is 0.716. The molecular weight excluding hydrogens is 518 g/mol. The van der Waals surface area contributed by atoms with Crippen LogP contribution in [0.25, 0.3) is 11.0 Å². The second-order valence-electron chi connectivity index (χ2n) is 9.02. The van der Waals surface area contributed by atoms with E-state index in [2.05, 4.69) is 0 Å². The lowest BCUT2D eigenvalue weighted by Crippen LogP contribution is -2.32. The number of hydrogen-bond donors (Lipinski definition) is 0. The summed E-state index contributed by atoms with van der Waals surface area (Å²) < 4.78 is 35.8. The molecule has 1 heterocycles. The van der Waals surface area contributed by atoms with E-state index >= 15 is 0 Å². The number of thioether (sulfide) groups is 1. The van der Waals surface area contributed by atoms with E-state index in [0.717, 1.165) is 23.0 Å². The van der Waals surface area contributed by atoms with Gasteiger partial charge in [0, 0.05) is 18.8 Å². The number of rotatable bonds is 13. The fraction of sp³-hybridized carbons (Fsp3) is 0.310. The van der Waals surface area contributed by atoms with E-state index in [1.54, 1.807) is 24.3 Å². The first-order chi connectivity index (χ1) is 18.4. The standard InChI is InChI=1S/C29H33N3O4S2/c1-3-23(2)36-28(33)22-32-27-18-11-10-17-26(27)30-29(32)37-20-12-19-31(21-24-13-6-4-7-14-24)38(34,35)25-15-8-5-9-16-25/h4-11,13-18,23H,3,12,19-22H2,1-2H3. The Kier molecular flexibility index (Phi) is 9.60. The highest BCUT2D eigenvalue weighted by atomic mass is 32.2. The van der Waals surface area contributed by atoms with Gasteiger partial charge in [0.2, 0.25) is 10.0 Å². The highest BCUT2D eigenvalue weighted by molar-refractivity contribution is 7.99. The molecule has 1 aromatic heterocycles. The number of para-hydroxylation sites is 2. The summed E-state index contributed by atoms with van der Waals surface area (Å²) >= 11 is 1.52. The van der Waals surface area contributed by atoms with Crippen LogP contribution in [-0.4, -0.2) is 46.6 Å². The number of esters is 1. The van der Waals surface area contributed by atoms with Crippen molar-refractivity contribution in [3.8, 4) is 0 Å². The Balaban J connectivity index is 1.47. The van der Waals surface area contributed by atoms with Crippen LogP contribution in [0, 0.1) is 0 Å². The molecule has 9 heteroatoms. The minimum atomic E-state index is -3.66. The highest BCUT2D eigenvalue weighted by Gasteiger charge is 2.24. The number of nitrogens with zero attached hydrogens (tertiary/aromatic N) is 3. The van der Waals surface area contributed by atoms with E-state index in [-0.39, 0.29) is 23.5 Å². The van der Waals surface area contributed by atoms with Gasteiger partial charge in [0.1, 0.15) is 6.54 Å². The molecule has 4 aromatic rings. The Hall–Kier alpha value is -3.14. The molecule has 0 N–H and O–H groups in total. The van der Waals surface area contributed by atoms with Crippen LogP contribution in [0.1, 0.15) is 32.3 Å². The molecule has 0 bridgehead atoms. The van der Waals surface area contributed by atoms with E-state index in [0.29, 0.717) is 30.4 Å². The number of carbonyl (C=O) groups excluding carboxylic acids is 1. The molecule has 0 spiro atoms. The SMILES string of the molecule is CCC(C)OC(=O)Cn1c(SCCCN(Cc2ccccc2)S(=O)(=O)c2ccccc2)nc2ccccc21. The van der Waals surface area contributed by atoms with Crippen molar-refractivity contribution in [3.05, 3.63) is 90.5 Å². The van der Waals surface area contributed by atoms with Crippen LogP contribution < -0.4 is 0 Å². The van der Waals surface area contributed by atoms with Crippen molar-refractivity contribution in [1.29, 1.82) is 0 Å². The molecule has 4 rings (SSSR count). The van der Waals surface area contributed by atoms with E-state index < -0.39 is 10.0 Å². The van der Waals surface area contributed by atoms with Crippen LogP contribution in [0.15, 0.2) is 95.0 Å². The Morgan fingerprint density at radius 2 is 1.66 bits per heavy atom. The summed E-state index contributed by atoms with van der Waals surface area (Å²) in [5.74, 6) is 0.339. The van der Waals surface area contributed by atoms with Crippen LogP contribution in [0.3, 0.4) is 0 Å². The summed E-state index contributed by atoms with van der Waals surface area (Å²) in [6.07, 6.45) is 1.23. The van der Waals surface area contributed by atoms with Crippen LogP contribution in [-0.2, 0) is 32.6 Å². The molecule has 1 unspecified atom stereocenters. The average molecular weight is 552 g/mol. The number of fused-ring (bicyclic) bond motifs is 1. The first kappa shape index (κ1) is 27.9. The number of benzene rings is 3. The van der Waals surface area contributed by atoms with Gasteiger partial charge in [0.15, 0.2) is 5.16 Å². The van der Waals surface area contributed by atoms with Crippen molar-refractivity contribution < 1.29 is 17.9 Å². The maximum atomic E-state index is 13.5. The van der Waals surface area contributed by atoms with Crippen molar-refractivity contribution in [1.82, 2.24) is 13.9 Å². The van der Waals surface area contributed by atoms with Gasteiger partial charge in [-0.15, -0.1) is 0 Å². The lowest BCUT2D eigenvalue weighted by molar-refractivity contribution is -0.149. The van der Waals surface area contributed by atoms with Crippen molar-refractivity contribution in [2.24, 2.45) is 0 Å². The maximum absolute atomic E-state index is 13.5. The summed E-state index contributed by atoms with van der Waals surface area (Å²) in [6, 6.07) is 25.8. The number of imidazole rings is 1. The molecule has 3 aromatic carbocycles. The third kappa shape index (κ3) is 7.03. The zero-order chi connectivity index (χ0) is 27.0. The monoisotopic (exact) mass is 551 g/mol. The molecule has 0 saturated heterocycles. The predicted molar refractivity (Wildman–Crippen MR) is 151 cm³/mol. The third-order valence-corrected chi connectivity index (χ3v) is 9.10. The van der Waals surface area contributed by atoms with Gasteiger partial charge in [-0.05, 0) is 49.6 Å². The van der Waals surface area contributed by atoms with Crippen molar-refractivity contribution >= 4 is 38.8 Å². The lowest BCUT2D eigenvalue weighted by Gasteiger charge is -2.22. The molecule has 200 valence electrons. The van der Waals surface area contributed by atoms with Gasteiger partial charge < -0.3 is 9.30 Å². The highest BCUT2D eigenvalue weighted by Crippen LogP contribution is 2.26. The number of ether oxygens (including phenoxy) is 1. The topological polar surface area (TPSA) is 81.5 Å². The molecule has 38 heavy (non-hydrogen) atoms. The Morgan fingerprint density at radius 3 is 2.37 bits per heavy atom. The Morgan fingerprint density at radius 1 is 1.00 bits per heavy atom. The average Bonchev–Trinajstić information content (AvgIpc) is 3.28. The number of carbonyl (C=O) groups is 1. The summed E-state index contributed by atoms with van der Waals surface area (Å²) in [5.41, 5.74) is 2.61. The Bertz CT molecular complexity index is 1440. The van der Waals surface area contributed by atoms with E-state index in [9.17, 15) is 13.2 Å². The molecule has 1 atom stereocenters. The van der Waals surface area contributed by atoms with E-state index in [1.165, 1.54) is 16.1 Å². The van der Waals surface area contributed by atoms with Gasteiger partial charge in [-0.25, -0.2) is 13.4 Å². The van der Waals surface area contributed by atoms with Gasteiger partial charge in [0.05, 0.1) is 22.0 Å². The van der Waals surface area contributed by atoms with Crippen LogP contribution in [0.5, 0.6) is 0 Å². The van der Waals surface area contributed by atoms with Crippen LogP contribution >= 0.6 is 11.8 Å². The second-order valence-corrected chi connectivity index (χ2v) is 12.0. The molecule has 0 fully saturated rings. The fourth-order valence-corrected chi connectivity index (χ4v) is 6.43. The zero-order valence-corrected chi connectivity index (χ0v) is 23.3. The maximum Gasteiger partial charge on any atom is 0.326 e. The summed E-state index contributed by atoms with van der Waals surface area (Å²) in [6.45, 7) is 4.59. The van der Waals surface area contributed by atoms with Crippen molar-refractivity contribution in [3.63, 3.8) is 0 Å². The first-order valence-electron chi connectivity index (χ1n) is 12.7. The smallest absolute Gasteiger partial charge is 0.326 e. The molecule has 0 amide bonds. The van der Waals surface area contributed by atoms with E-state index in [1.807, 2.05) is 79.1 Å². The van der Waals surface area contributed by atoms with E-state index in [4.69, 9.17) is 9.72 Å². The molecule has 0 saturated carbocycles. The van der Waals surface area contributed by atoms with Gasteiger partial charge in [0.25, 0.3) is 0 Å². The molecular formula is C29H33N3O4S2. The normalized spacial score (nSPS) is 12.6. The fourth-order valence-electron chi connectivity index (χ4n) is 4.01. The van der Waals surface area contributed by atoms with Gasteiger partial charge >= 0.3 is 5.97 Å². The number of aromatic nitrogens is 2. The van der Waals surface area contributed by atoms with Gasteiger partial charge in [-0.2, -0.15) is 4.31 Å². The minimum Gasteiger partial charge on any atom is -0.461 e. The first-order valence-corrected chi connectivity index (χ1v) is 15.2. The summed E-state index contributed by atoms with van der Waals surface area (Å²) in [7, 11) is -3.66. The van der Waals surface area contributed by atoms with Crippen LogP contribution in [0.2, 0.25) is 0 Å². The molecule has 7 nitrogen and oxygen atoms in total. The summed E-state index contributed by atoms with van der Waals surface area (Å²) in [4.78, 5) is 17.6. The number of sulfonamides is 1. The van der Waals surface area contributed by atoms with Crippen molar-refractivity contribution in [2.75, 3.05) is 12.3 Å². The molecule has 0 aliphatic rings.